The molecule has 8 aromatic rings. The quantitative estimate of drug-likeness (QED) is 0.178. The second kappa shape index (κ2) is 11.6. The van der Waals surface area contributed by atoms with E-state index in [0.717, 1.165) is 62.7 Å². The van der Waals surface area contributed by atoms with Crippen LogP contribution in [-0.4, -0.2) is 0 Å². The van der Waals surface area contributed by atoms with E-state index in [1.54, 1.807) is 11.1 Å². The highest BCUT2D eigenvalue weighted by Crippen LogP contribution is 2.69. The molecular formula is C52H41NO. The maximum atomic E-state index is 6.37. The number of para-hydroxylation sites is 2. The van der Waals surface area contributed by atoms with Crippen LogP contribution in [0.15, 0.2) is 168 Å². The highest BCUT2D eigenvalue weighted by Gasteiger charge is 2.61. The molecule has 0 amide bonds. The highest BCUT2D eigenvalue weighted by molar-refractivity contribution is 6.13. The molecule has 1 spiro atoms. The summed E-state index contributed by atoms with van der Waals surface area (Å²) in [5, 5.41) is 2.25. The molecule has 2 heteroatoms. The van der Waals surface area contributed by atoms with Gasteiger partial charge in [0.2, 0.25) is 0 Å². The van der Waals surface area contributed by atoms with E-state index in [9.17, 15) is 0 Å². The van der Waals surface area contributed by atoms with Crippen molar-refractivity contribution in [3.05, 3.63) is 175 Å². The number of fused-ring (bicyclic) bond motifs is 6. The van der Waals surface area contributed by atoms with E-state index in [0.29, 0.717) is 0 Å². The topological polar surface area (TPSA) is 16.4 Å². The van der Waals surface area contributed by atoms with Crippen LogP contribution in [0.1, 0.15) is 43.2 Å². The summed E-state index contributed by atoms with van der Waals surface area (Å²) in [6, 6.07) is 60.6. The van der Waals surface area contributed by atoms with Crippen molar-refractivity contribution in [3.63, 3.8) is 0 Å². The molecule has 260 valence electrons. The van der Waals surface area contributed by atoms with Crippen LogP contribution in [0.25, 0.3) is 55.3 Å². The Kier molecular flexibility index (Phi) is 6.55. The van der Waals surface area contributed by atoms with Gasteiger partial charge in [0.15, 0.2) is 0 Å². The van der Waals surface area contributed by atoms with Crippen LogP contribution in [0.5, 0.6) is 0 Å². The summed E-state index contributed by atoms with van der Waals surface area (Å²) < 4.78 is 6.37. The molecule has 13 rings (SSSR count). The maximum absolute atomic E-state index is 6.37. The Morgan fingerprint density at radius 1 is 0.444 bits per heavy atom. The Hall–Kier alpha value is -5.86. The Labute approximate surface area is 316 Å². The number of hydrogen-bond acceptors (Lipinski definition) is 2. The molecular weight excluding hydrogens is 655 g/mol. The van der Waals surface area contributed by atoms with Gasteiger partial charge in [-0.1, -0.05) is 115 Å². The first-order valence-electron chi connectivity index (χ1n) is 19.9. The molecule has 1 aromatic heterocycles. The van der Waals surface area contributed by atoms with Crippen molar-refractivity contribution in [2.45, 2.75) is 37.5 Å². The van der Waals surface area contributed by atoms with Crippen molar-refractivity contribution in [2.24, 2.45) is 23.7 Å². The van der Waals surface area contributed by atoms with Gasteiger partial charge in [0.1, 0.15) is 11.2 Å². The Bertz CT molecular complexity index is 2730. The number of furan rings is 1. The van der Waals surface area contributed by atoms with Crippen molar-refractivity contribution in [1.29, 1.82) is 0 Å². The number of rotatable bonds is 5. The first-order valence-corrected chi connectivity index (χ1v) is 19.9. The lowest BCUT2D eigenvalue weighted by Gasteiger charge is -2.61. The third-order valence-corrected chi connectivity index (χ3v) is 13.8. The third-order valence-electron chi connectivity index (χ3n) is 13.8. The highest BCUT2D eigenvalue weighted by atomic mass is 16.3. The molecule has 0 atom stereocenters. The molecule has 1 heterocycles. The van der Waals surface area contributed by atoms with Crippen LogP contribution in [0, 0.1) is 23.7 Å². The van der Waals surface area contributed by atoms with Crippen molar-refractivity contribution in [3.8, 4) is 33.4 Å². The number of anilines is 3. The lowest BCUT2D eigenvalue weighted by molar-refractivity contribution is -0.0399. The van der Waals surface area contributed by atoms with Gasteiger partial charge in [-0.2, -0.15) is 0 Å². The molecule has 54 heavy (non-hydrogen) atoms. The predicted molar refractivity (Wildman–Crippen MR) is 223 cm³/mol. The monoisotopic (exact) mass is 695 g/mol. The summed E-state index contributed by atoms with van der Waals surface area (Å²) in [5.41, 5.74) is 16.5. The van der Waals surface area contributed by atoms with E-state index >= 15 is 0 Å². The van der Waals surface area contributed by atoms with Crippen LogP contribution in [0.4, 0.5) is 17.1 Å². The van der Waals surface area contributed by atoms with E-state index in [1.807, 2.05) is 6.07 Å². The smallest absolute Gasteiger partial charge is 0.137 e. The molecule has 5 aliphatic rings. The van der Waals surface area contributed by atoms with Crippen LogP contribution in [-0.2, 0) is 5.41 Å². The molecule has 0 unspecified atom stereocenters. The van der Waals surface area contributed by atoms with Gasteiger partial charge in [0.05, 0.1) is 11.1 Å². The first-order chi connectivity index (χ1) is 26.7. The Morgan fingerprint density at radius 2 is 1.06 bits per heavy atom. The average molecular weight is 696 g/mol. The zero-order chi connectivity index (χ0) is 35.4. The van der Waals surface area contributed by atoms with Gasteiger partial charge in [-0.15, -0.1) is 0 Å². The minimum absolute atomic E-state index is 0.151. The van der Waals surface area contributed by atoms with Crippen molar-refractivity contribution < 1.29 is 4.42 Å². The Morgan fingerprint density at radius 3 is 1.85 bits per heavy atom. The van der Waals surface area contributed by atoms with Crippen molar-refractivity contribution >= 4 is 39.0 Å². The molecule has 4 saturated carbocycles. The number of hydrogen-bond donors (Lipinski definition) is 0. The summed E-state index contributed by atoms with van der Waals surface area (Å²) in [6.07, 6.45) is 7.06. The molecule has 0 aliphatic heterocycles. The van der Waals surface area contributed by atoms with Crippen LogP contribution in [0.3, 0.4) is 0 Å². The van der Waals surface area contributed by atoms with Gasteiger partial charge in [0, 0.05) is 22.2 Å². The molecule has 0 N–H and O–H groups in total. The zero-order valence-electron chi connectivity index (χ0n) is 30.3. The van der Waals surface area contributed by atoms with Gasteiger partial charge >= 0.3 is 0 Å². The Balaban J connectivity index is 1.01. The summed E-state index contributed by atoms with van der Waals surface area (Å²) in [5.74, 6) is 3.36. The summed E-state index contributed by atoms with van der Waals surface area (Å²) in [7, 11) is 0. The van der Waals surface area contributed by atoms with Crippen LogP contribution >= 0.6 is 0 Å². The fourth-order valence-corrected chi connectivity index (χ4v) is 12.1. The normalized spacial score (nSPS) is 23.3. The summed E-state index contributed by atoms with van der Waals surface area (Å²) in [6.45, 7) is 0. The third kappa shape index (κ3) is 4.28. The zero-order valence-corrected chi connectivity index (χ0v) is 30.3. The van der Waals surface area contributed by atoms with Gasteiger partial charge in [-0.05, 0) is 149 Å². The minimum Gasteiger partial charge on any atom is -0.456 e. The maximum Gasteiger partial charge on any atom is 0.137 e. The van der Waals surface area contributed by atoms with E-state index < -0.39 is 0 Å². The van der Waals surface area contributed by atoms with E-state index in [-0.39, 0.29) is 5.41 Å². The molecule has 0 saturated heterocycles. The minimum atomic E-state index is 0.151. The van der Waals surface area contributed by atoms with E-state index in [2.05, 4.69) is 163 Å². The molecule has 7 aromatic carbocycles. The average Bonchev–Trinajstić information content (AvgIpc) is 3.75. The molecule has 5 aliphatic carbocycles. The molecule has 4 fully saturated rings. The van der Waals surface area contributed by atoms with Crippen molar-refractivity contribution in [2.75, 3.05) is 4.90 Å². The van der Waals surface area contributed by atoms with Gasteiger partial charge in [-0.3, -0.25) is 0 Å². The second-order valence-electron chi connectivity index (χ2n) is 16.5. The van der Waals surface area contributed by atoms with Crippen LogP contribution in [0.2, 0.25) is 0 Å². The largest absolute Gasteiger partial charge is 0.456 e. The van der Waals surface area contributed by atoms with Gasteiger partial charge in [0.25, 0.3) is 0 Å². The van der Waals surface area contributed by atoms with Gasteiger partial charge < -0.3 is 9.32 Å². The lowest BCUT2D eigenvalue weighted by atomic mass is 9.43. The fourth-order valence-electron chi connectivity index (χ4n) is 12.1. The summed E-state index contributed by atoms with van der Waals surface area (Å²) >= 11 is 0. The number of nitrogens with zero attached hydrogens (tertiary/aromatic N) is 1. The van der Waals surface area contributed by atoms with Gasteiger partial charge in [-0.25, -0.2) is 0 Å². The van der Waals surface area contributed by atoms with Crippen LogP contribution < -0.4 is 4.90 Å². The SMILES string of the molecule is c1ccc(N(c2cccc(-c3ccccc3-c3ccc4c(c3)C3(c5ccccc5-4)C4CC5CC(C4)CC3C5)c2)c2cccc3oc4ccccc4c23)cc1. The summed E-state index contributed by atoms with van der Waals surface area (Å²) in [4.78, 5) is 2.39. The van der Waals surface area contributed by atoms with E-state index in [1.165, 1.54) is 65.5 Å². The standard InChI is InChI=1S/C52H41NO/c1-2-13-39(14-3-1)53(48-21-11-23-50-51(48)45-19-7-9-22-49(45)54-50)40-15-10-12-35(31-40)41-16-4-5-17-42(41)36-24-25-44-43-18-6-8-20-46(43)52(47(44)32-36)37-27-33-26-34(29-37)30-38(52)28-33/h1-25,31-34,37-38H,26-30H2. The molecule has 4 bridgehead atoms. The fraction of sp³-hybridized carbons (Fsp3) is 0.192. The number of benzene rings is 7. The predicted octanol–water partition coefficient (Wildman–Crippen LogP) is 14.1. The van der Waals surface area contributed by atoms with Crippen molar-refractivity contribution in [1.82, 2.24) is 0 Å². The molecule has 2 nitrogen and oxygen atoms in total. The van der Waals surface area contributed by atoms with E-state index in [4.69, 9.17) is 4.42 Å². The second-order valence-corrected chi connectivity index (χ2v) is 16.5. The first kappa shape index (κ1) is 30.6. The molecule has 0 radical (unpaired) electrons. The lowest BCUT2D eigenvalue weighted by Crippen LogP contribution is -2.55.